The number of methoxy groups -OCH3 is 1. The second kappa shape index (κ2) is 8.10. The molecule has 1 aromatic heterocycles. The number of benzene rings is 2. The number of fused-ring (bicyclic) bond motifs is 1. The molecule has 3 rings (SSSR count). The van der Waals surface area contributed by atoms with Crippen LogP contribution in [-0.2, 0) is 22.6 Å². The van der Waals surface area contributed by atoms with Gasteiger partial charge in [-0.3, -0.25) is 9.78 Å². The van der Waals surface area contributed by atoms with Gasteiger partial charge in [0, 0.05) is 30.6 Å². The molecule has 0 fully saturated rings. The number of carbonyl (C=O) groups excluding carboxylic acids is 1. The van der Waals surface area contributed by atoms with E-state index in [0.29, 0.717) is 16.7 Å². The van der Waals surface area contributed by atoms with Crippen molar-refractivity contribution in [2.24, 2.45) is 0 Å². The van der Waals surface area contributed by atoms with Gasteiger partial charge in [-0.15, -0.1) is 0 Å². The maximum Gasteiger partial charge on any atom is 0.488 e. The van der Waals surface area contributed by atoms with Gasteiger partial charge < -0.3 is 20.1 Å². The molecule has 0 spiro atoms. The molecule has 0 aliphatic heterocycles. The fourth-order valence-corrected chi connectivity index (χ4v) is 2.85. The van der Waals surface area contributed by atoms with E-state index in [0.717, 1.165) is 16.3 Å². The number of rotatable bonds is 6. The number of hydrogen-bond donors (Lipinski definition) is 3. The monoisotopic (exact) mass is 350 g/mol. The van der Waals surface area contributed by atoms with Crippen LogP contribution in [0.25, 0.3) is 10.8 Å². The van der Waals surface area contributed by atoms with Crippen molar-refractivity contribution in [2.45, 2.75) is 13.0 Å². The van der Waals surface area contributed by atoms with Gasteiger partial charge in [-0.05, 0) is 40.2 Å². The first-order chi connectivity index (χ1) is 12.6. The normalized spacial score (nSPS) is 10.7. The summed E-state index contributed by atoms with van der Waals surface area (Å²) >= 11 is 0. The molecule has 0 radical (unpaired) electrons. The first kappa shape index (κ1) is 18.1. The third kappa shape index (κ3) is 4.26. The summed E-state index contributed by atoms with van der Waals surface area (Å²) in [6.45, 7) is 0.237. The van der Waals surface area contributed by atoms with Gasteiger partial charge in [-0.2, -0.15) is 0 Å². The smallest absolute Gasteiger partial charge is 0.423 e. The zero-order chi connectivity index (χ0) is 18.5. The summed E-state index contributed by atoms with van der Waals surface area (Å²) in [5.41, 5.74) is 2.50. The summed E-state index contributed by atoms with van der Waals surface area (Å²) in [5.74, 6) is -0.154. The Labute approximate surface area is 151 Å². The Hall–Kier alpha value is -2.74. The number of hydrogen-bond acceptors (Lipinski definition) is 5. The van der Waals surface area contributed by atoms with Gasteiger partial charge >= 0.3 is 7.12 Å². The van der Waals surface area contributed by atoms with Gasteiger partial charge in [0.1, 0.15) is 0 Å². The van der Waals surface area contributed by atoms with Gasteiger partial charge in [0.25, 0.3) is 0 Å². The topological polar surface area (TPSA) is 91.7 Å². The van der Waals surface area contributed by atoms with Gasteiger partial charge in [0.2, 0.25) is 5.91 Å². The average Bonchev–Trinajstić information content (AvgIpc) is 2.62. The van der Waals surface area contributed by atoms with Crippen LogP contribution in [0.1, 0.15) is 11.1 Å². The molecule has 3 N–H and O–H groups in total. The molecule has 0 saturated carbocycles. The summed E-state index contributed by atoms with van der Waals surface area (Å²) in [5, 5.41) is 23.7. The van der Waals surface area contributed by atoms with Crippen LogP contribution in [0.5, 0.6) is 0 Å². The molecule has 26 heavy (non-hydrogen) atoms. The van der Waals surface area contributed by atoms with E-state index < -0.39 is 7.12 Å². The molecular formula is C19H19BN2O4. The molecular weight excluding hydrogens is 331 g/mol. The first-order valence-corrected chi connectivity index (χ1v) is 8.17. The SMILES string of the molecule is COCc1cc(CC(=O)Nc2ccc3cnccc3c2)ccc1B(O)O. The van der Waals surface area contributed by atoms with Crippen molar-refractivity contribution in [1.82, 2.24) is 4.98 Å². The lowest BCUT2D eigenvalue weighted by Crippen LogP contribution is -2.33. The van der Waals surface area contributed by atoms with Crippen LogP contribution >= 0.6 is 0 Å². The molecule has 2 aromatic carbocycles. The molecule has 1 heterocycles. The number of anilines is 1. The van der Waals surface area contributed by atoms with Crippen LogP contribution in [-0.4, -0.2) is 35.2 Å². The summed E-state index contributed by atoms with van der Waals surface area (Å²) in [6.07, 6.45) is 3.66. The zero-order valence-electron chi connectivity index (χ0n) is 14.3. The first-order valence-electron chi connectivity index (χ1n) is 8.17. The van der Waals surface area contributed by atoms with Crippen molar-refractivity contribution >= 4 is 34.9 Å². The van der Waals surface area contributed by atoms with Crippen LogP contribution in [0.3, 0.4) is 0 Å². The maximum absolute atomic E-state index is 12.4. The Balaban J connectivity index is 1.73. The average molecular weight is 350 g/mol. The summed E-state index contributed by atoms with van der Waals surface area (Å²) < 4.78 is 5.09. The maximum atomic E-state index is 12.4. The highest BCUT2D eigenvalue weighted by atomic mass is 16.5. The van der Waals surface area contributed by atoms with Gasteiger partial charge in [0.05, 0.1) is 13.0 Å². The van der Waals surface area contributed by atoms with Crippen molar-refractivity contribution < 1.29 is 19.6 Å². The predicted octanol–water partition coefficient (Wildman–Crippen LogP) is 1.24. The largest absolute Gasteiger partial charge is 0.488 e. The van der Waals surface area contributed by atoms with Gasteiger partial charge in [-0.1, -0.05) is 24.3 Å². The Morgan fingerprint density at radius 2 is 2.00 bits per heavy atom. The zero-order valence-corrected chi connectivity index (χ0v) is 14.3. The predicted molar refractivity (Wildman–Crippen MR) is 101 cm³/mol. The molecule has 0 bridgehead atoms. The minimum Gasteiger partial charge on any atom is -0.423 e. The highest BCUT2D eigenvalue weighted by molar-refractivity contribution is 6.59. The number of aromatic nitrogens is 1. The number of ether oxygens (including phenoxy) is 1. The Morgan fingerprint density at radius 1 is 1.15 bits per heavy atom. The molecule has 1 amide bonds. The molecule has 0 aliphatic carbocycles. The highest BCUT2D eigenvalue weighted by Gasteiger charge is 2.17. The molecule has 0 saturated heterocycles. The summed E-state index contributed by atoms with van der Waals surface area (Å²) in [4.78, 5) is 16.4. The van der Waals surface area contributed by atoms with Crippen LogP contribution in [0.2, 0.25) is 0 Å². The molecule has 7 heteroatoms. The Morgan fingerprint density at radius 3 is 2.77 bits per heavy atom. The van der Waals surface area contributed by atoms with E-state index in [1.54, 1.807) is 30.6 Å². The minimum atomic E-state index is -1.57. The molecule has 3 aromatic rings. The minimum absolute atomic E-state index is 0.154. The van der Waals surface area contributed by atoms with E-state index >= 15 is 0 Å². The number of nitrogens with one attached hydrogen (secondary N) is 1. The van der Waals surface area contributed by atoms with E-state index in [2.05, 4.69) is 10.3 Å². The lowest BCUT2D eigenvalue weighted by molar-refractivity contribution is -0.115. The number of nitrogens with zero attached hydrogens (tertiary/aromatic N) is 1. The fourth-order valence-electron chi connectivity index (χ4n) is 2.85. The van der Waals surface area contributed by atoms with E-state index in [1.807, 2.05) is 24.3 Å². The van der Waals surface area contributed by atoms with E-state index in [1.165, 1.54) is 7.11 Å². The van der Waals surface area contributed by atoms with Crippen molar-refractivity contribution in [2.75, 3.05) is 12.4 Å². The molecule has 6 nitrogen and oxygen atoms in total. The summed E-state index contributed by atoms with van der Waals surface area (Å²) in [6, 6.07) is 12.6. The second-order valence-corrected chi connectivity index (χ2v) is 6.00. The molecule has 0 unspecified atom stereocenters. The lowest BCUT2D eigenvalue weighted by atomic mass is 9.76. The third-order valence-corrected chi connectivity index (χ3v) is 4.07. The Bertz CT molecular complexity index is 930. The molecule has 132 valence electrons. The van der Waals surface area contributed by atoms with E-state index in [4.69, 9.17) is 4.74 Å². The van der Waals surface area contributed by atoms with Crippen molar-refractivity contribution in [1.29, 1.82) is 0 Å². The lowest BCUT2D eigenvalue weighted by Gasteiger charge is -2.11. The number of amides is 1. The molecule has 0 aliphatic rings. The quantitative estimate of drug-likeness (QED) is 0.582. The number of pyridine rings is 1. The van der Waals surface area contributed by atoms with Crippen LogP contribution in [0, 0.1) is 0 Å². The van der Waals surface area contributed by atoms with Crippen molar-refractivity contribution in [3.63, 3.8) is 0 Å². The van der Waals surface area contributed by atoms with Crippen LogP contribution in [0.15, 0.2) is 54.9 Å². The van der Waals surface area contributed by atoms with E-state index in [9.17, 15) is 14.8 Å². The Kier molecular flexibility index (Phi) is 5.63. The highest BCUT2D eigenvalue weighted by Crippen LogP contribution is 2.18. The third-order valence-electron chi connectivity index (χ3n) is 4.07. The summed E-state index contributed by atoms with van der Waals surface area (Å²) in [7, 11) is -0.0440. The van der Waals surface area contributed by atoms with Crippen LogP contribution in [0.4, 0.5) is 5.69 Å². The standard InChI is InChI=1S/C19H19BN2O4/c1-26-12-16-8-13(2-5-18(16)20(24)25)9-19(23)22-17-4-3-15-11-21-7-6-14(15)10-17/h2-8,10-11,24-25H,9,12H2,1H3,(H,22,23). The number of carbonyl (C=O) groups is 1. The van der Waals surface area contributed by atoms with Crippen LogP contribution < -0.4 is 10.8 Å². The van der Waals surface area contributed by atoms with Crippen molar-refractivity contribution in [3.8, 4) is 0 Å². The van der Waals surface area contributed by atoms with Crippen molar-refractivity contribution in [3.05, 3.63) is 66.0 Å². The van der Waals surface area contributed by atoms with E-state index in [-0.39, 0.29) is 18.9 Å². The molecule has 0 atom stereocenters. The van der Waals surface area contributed by atoms with Gasteiger partial charge in [-0.25, -0.2) is 0 Å². The van der Waals surface area contributed by atoms with Gasteiger partial charge in [0.15, 0.2) is 0 Å². The second-order valence-electron chi connectivity index (χ2n) is 6.00. The fraction of sp³-hybridized carbons (Fsp3) is 0.158.